The Morgan fingerprint density at radius 2 is 2.13 bits per heavy atom. The molecule has 0 aromatic heterocycles. The average Bonchev–Trinajstić information content (AvgIpc) is 3.12. The molecule has 1 atom stereocenters. The van der Waals surface area contributed by atoms with Crippen LogP contribution in [0.15, 0.2) is 18.2 Å². The largest absolute Gasteiger partial charge is 0.442 e. The Morgan fingerprint density at radius 3 is 2.77 bits per heavy atom. The first-order chi connectivity index (χ1) is 14.3. The number of cyclic esters (lactones) is 1. The fourth-order valence-electron chi connectivity index (χ4n) is 3.82. The summed E-state index contributed by atoms with van der Waals surface area (Å²) >= 11 is 5.13. The van der Waals surface area contributed by atoms with E-state index in [4.69, 9.17) is 22.1 Å². The van der Waals surface area contributed by atoms with Crippen LogP contribution in [-0.4, -0.2) is 64.6 Å². The average molecular weight is 460 g/mol. The summed E-state index contributed by atoms with van der Waals surface area (Å²) < 4.78 is 33.9. The number of hydrogen-bond donors (Lipinski definition) is 4. The molecule has 168 valence electrons. The number of thiocarbonyl (C=S) groups is 1. The first kappa shape index (κ1) is 23.2. The minimum atomic E-state index is -1.92. The van der Waals surface area contributed by atoms with Gasteiger partial charge in [0, 0.05) is 18.1 Å². The van der Waals surface area contributed by atoms with E-state index in [1.165, 1.54) is 11.0 Å². The Labute approximate surface area is 183 Å². The Morgan fingerprint density at radius 1 is 1.40 bits per heavy atom. The van der Waals surface area contributed by atoms with Gasteiger partial charge in [0.2, 0.25) is 0 Å². The number of nitrogens with zero attached hydrogens (tertiary/aromatic N) is 1. The third-order valence-corrected chi connectivity index (χ3v) is 8.54. The van der Waals surface area contributed by atoms with Gasteiger partial charge < -0.3 is 19.7 Å². The fourth-order valence-corrected chi connectivity index (χ4v) is 6.21. The highest BCUT2D eigenvalue weighted by Crippen LogP contribution is 2.48. The van der Waals surface area contributed by atoms with Gasteiger partial charge >= 0.3 is 6.09 Å². The second kappa shape index (κ2) is 10.2. The molecule has 1 aromatic rings. The van der Waals surface area contributed by atoms with Crippen molar-refractivity contribution in [2.45, 2.75) is 38.2 Å². The van der Waals surface area contributed by atoms with Crippen LogP contribution in [0, 0.1) is 5.82 Å². The maximum Gasteiger partial charge on any atom is 0.414 e. The molecule has 2 aliphatic rings. The van der Waals surface area contributed by atoms with Crippen molar-refractivity contribution in [2.24, 2.45) is 0 Å². The van der Waals surface area contributed by atoms with Crippen LogP contribution >= 0.6 is 22.7 Å². The van der Waals surface area contributed by atoms with E-state index in [0.717, 1.165) is 6.42 Å². The molecule has 1 aromatic carbocycles. The Balaban J connectivity index is 1.60. The molecule has 0 spiro atoms. The van der Waals surface area contributed by atoms with Gasteiger partial charge in [-0.25, -0.2) is 9.18 Å². The van der Waals surface area contributed by atoms with Crippen LogP contribution in [-0.2, 0) is 4.74 Å². The molecule has 2 saturated heterocycles. The lowest BCUT2D eigenvalue weighted by molar-refractivity contribution is 0.143. The van der Waals surface area contributed by atoms with Crippen LogP contribution in [0.1, 0.15) is 37.7 Å². The molecule has 30 heavy (non-hydrogen) atoms. The highest BCUT2D eigenvalue weighted by molar-refractivity contribution is 8.27. The molecule has 2 fully saturated rings. The lowest BCUT2D eigenvalue weighted by atomic mass is 9.93. The lowest BCUT2D eigenvalue weighted by Gasteiger charge is -2.41. The highest BCUT2D eigenvalue weighted by atomic mass is 32.3. The summed E-state index contributed by atoms with van der Waals surface area (Å²) in [5.74, 6) is 0.833. The molecule has 0 unspecified atom stereocenters. The Kier molecular flexibility index (Phi) is 7.92. The van der Waals surface area contributed by atoms with Gasteiger partial charge in [-0.1, -0.05) is 35.7 Å². The zero-order valence-corrected chi connectivity index (χ0v) is 18.7. The van der Waals surface area contributed by atoms with Gasteiger partial charge in [0.05, 0.1) is 30.4 Å². The molecular formula is C20H30FN3O4S2. The summed E-state index contributed by atoms with van der Waals surface area (Å²) in [6.07, 6.45) is 1.26. The molecule has 1 amide bonds. The number of halogens is 1. The Bertz CT molecular complexity index is 774. The first-order valence-corrected chi connectivity index (χ1v) is 12.6. The number of carbonyl (C=O) groups excluding carboxylic acids is 1. The zero-order chi connectivity index (χ0) is 21.7. The predicted octanol–water partition coefficient (Wildman–Crippen LogP) is 3.13. The normalized spacial score (nSPS) is 28.7. The summed E-state index contributed by atoms with van der Waals surface area (Å²) in [6.45, 7) is 3.08. The van der Waals surface area contributed by atoms with Gasteiger partial charge in [-0.15, -0.1) is 0 Å². The number of nitrogens with one attached hydrogen (secondary N) is 2. The van der Waals surface area contributed by atoms with E-state index in [2.05, 4.69) is 10.0 Å². The highest BCUT2D eigenvalue weighted by Gasteiger charge is 2.34. The van der Waals surface area contributed by atoms with Crippen molar-refractivity contribution in [1.82, 2.24) is 10.0 Å². The van der Waals surface area contributed by atoms with Crippen molar-refractivity contribution in [1.29, 1.82) is 0 Å². The number of ether oxygens (including phenoxy) is 1. The molecule has 0 bridgehead atoms. The minimum Gasteiger partial charge on any atom is -0.442 e. The van der Waals surface area contributed by atoms with Crippen LogP contribution in [0.25, 0.3) is 0 Å². The van der Waals surface area contributed by atoms with Crippen molar-refractivity contribution < 1.29 is 23.6 Å². The maximum atomic E-state index is 14.9. The van der Waals surface area contributed by atoms with Crippen LogP contribution in [0.5, 0.6) is 0 Å². The van der Waals surface area contributed by atoms with Gasteiger partial charge in [-0.2, -0.15) is 0 Å². The Hall–Kier alpha value is -1.46. The van der Waals surface area contributed by atoms with E-state index >= 15 is 0 Å². The van der Waals surface area contributed by atoms with Gasteiger partial charge in [0.1, 0.15) is 11.9 Å². The third-order valence-electron chi connectivity index (χ3n) is 5.55. The van der Waals surface area contributed by atoms with Gasteiger partial charge in [-0.3, -0.25) is 9.62 Å². The number of benzene rings is 1. The van der Waals surface area contributed by atoms with Crippen molar-refractivity contribution >= 4 is 39.5 Å². The summed E-state index contributed by atoms with van der Waals surface area (Å²) in [4.78, 5) is 14.4. The summed E-state index contributed by atoms with van der Waals surface area (Å²) in [7, 11) is -1.92. The molecule has 3 rings (SSSR count). The number of carbonyl (C=O) groups is 1. The SMILES string of the molecule is CCC(=S)NC[C@H]1CN(c2ccc(C3CCS(O)(NCCO)CC3)c(F)c2)C(=O)O1. The molecule has 0 aliphatic carbocycles. The number of rotatable bonds is 8. The predicted molar refractivity (Wildman–Crippen MR) is 122 cm³/mol. The topological polar surface area (TPSA) is 94.1 Å². The van der Waals surface area contributed by atoms with Crippen LogP contribution in [0.3, 0.4) is 0 Å². The maximum absolute atomic E-state index is 14.9. The standard InChI is InChI=1S/C20H30FN3O4S2/c1-2-19(29)22-12-16-13-24(20(26)28-16)15-3-4-17(18(21)11-15)14-5-9-30(27,10-6-14)23-7-8-25/h3-4,11,14,16,23,25,27H,2,5-10,12-13H2,1H3,(H,22,29)/t16-/m0/s1. The third kappa shape index (κ3) is 5.61. The number of aliphatic hydroxyl groups is 1. The van der Waals surface area contributed by atoms with Crippen molar-refractivity contribution in [3.8, 4) is 0 Å². The second-order valence-electron chi connectivity index (χ2n) is 7.62. The monoisotopic (exact) mass is 459 g/mol. The van der Waals surface area contributed by atoms with Gasteiger partial charge in [0.25, 0.3) is 0 Å². The van der Waals surface area contributed by atoms with E-state index in [1.54, 1.807) is 12.1 Å². The summed E-state index contributed by atoms with van der Waals surface area (Å²) in [6, 6.07) is 4.88. The van der Waals surface area contributed by atoms with Crippen molar-refractivity contribution in [2.75, 3.05) is 42.6 Å². The molecule has 0 saturated carbocycles. The zero-order valence-electron chi connectivity index (χ0n) is 17.1. The van der Waals surface area contributed by atoms with E-state index in [0.29, 0.717) is 60.2 Å². The van der Waals surface area contributed by atoms with Crippen LogP contribution in [0.2, 0.25) is 0 Å². The minimum absolute atomic E-state index is 0.0179. The second-order valence-corrected chi connectivity index (χ2v) is 10.9. The molecule has 2 heterocycles. The first-order valence-electron chi connectivity index (χ1n) is 10.3. The van der Waals surface area contributed by atoms with Crippen LogP contribution < -0.4 is 14.9 Å². The number of hydrogen-bond acceptors (Lipinski definition) is 6. The number of amides is 1. The van der Waals surface area contributed by atoms with Crippen LogP contribution in [0.4, 0.5) is 14.9 Å². The molecule has 10 heteroatoms. The van der Waals surface area contributed by atoms with E-state index < -0.39 is 16.6 Å². The van der Waals surface area contributed by atoms with E-state index in [9.17, 15) is 13.7 Å². The molecule has 0 radical (unpaired) electrons. The number of anilines is 1. The van der Waals surface area contributed by atoms with Crippen molar-refractivity contribution in [3.05, 3.63) is 29.6 Å². The summed E-state index contributed by atoms with van der Waals surface area (Å²) in [5, 5.41) is 12.0. The summed E-state index contributed by atoms with van der Waals surface area (Å²) in [5.41, 5.74) is 1.09. The molecule has 7 nitrogen and oxygen atoms in total. The quantitative estimate of drug-likeness (QED) is 0.444. The number of aliphatic hydroxyl groups excluding tert-OH is 1. The smallest absolute Gasteiger partial charge is 0.414 e. The van der Waals surface area contributed by atoms with Gasteiger partial charge in [-0.05, 0) is 42.9 Å². The van der Waals surface area contributed by atoms with E-state index in [-0.39, 0.29) is 24.4 Å². The molecule has 2 aliphatic heterocycles. The molecular weight excluding hydrogens is 429 g/mol. The lowest BCUT2D eigenvalue weighted by Crippen LogP contribution is -2.33. The molecule has 4 N–H and O–H groups in total. The fraction of sp³-hybridized carbons (Fsp3) is 0.600. The van der Waals surface area contributed by atoms with Crippen molar-refractivity contribution in [3.63, 3.8) is 0 Å². The van der Waals surface area contributed by atoms with E-state index in [1.807, 2.05) is 6.92 Å². The van der Waals surface area contributed by atoms with Gasteiger partial charge in [0.15, 0.2) is 0 Å².